The second-order valence-corrected chi connectivity index (χ2v) is 3.98. The van der Waals surface area contributed by atoms with Crippen molar-refractivity contribution in [2.75, 3.05) is 7.11 Å². The van der Waals surface area contributed by atoms with E-state index in [1.54, 1.807) is 25.1 Å². The van der Waals surface area contributed by atoms with Gasteiger partial charge in [-0.15, -0.1) is 0 Å². The number of nitrogens with zero attached hydrogens (tertiary/aromatic N) is 2. The predicted octanol–water partition coefficient (Wildman–Crippen LogP) is 2.76. The molecule has 1 aromatic carbocycles. The van der Waals surface area contributed by atoms with Crippen molar-refractivity contribution in [3.8, 4) is 5.69 Å². The molecule has 0 saturated carbocycles. The van der Waals surface area contributed by atoms with E-state index in [2.05, 4.69) is 9.84 Å². The summed E-state index contributed by atoms with van der Waals surface area (Å²) in [5.74, 6) is -1.10. The van der Waals surface area contributed by atoms with E-state index >= 15 is 0 Å². The zero-order valence-corrected chi connectivity index (χ0v) is 10.5. The van der Waals surface area contributed by atoms with Gasteiger partial charge in [-0.25, -0.2) is 13.9 Å². The second kappa shape index (κ2) is 4.78. The fourth-order valence-corrected chi connectivity index (χ4v) is 1.76. The van der Waals surface area contributed by atoms with Crippen molar-refractivity contribution < 1.29 is 13.9 Å². The number of esters is 1. The van der Waals surface area contributed by atoms with Crippen molar-refractivity contribution in [2.24, 2.45) is 0 Å². The van der Waals surface area contributed by atoms with Crippen molar-refractivity contribution in [3.63, 3.8) is 0 Å². The highest BCUT2D eigenvalue weighted by molar-refractivity contribution is 6.34. The van der Waals surface area contributed by atoms with E-state index in [1.165, 1.54) is 17.9 Å². The average molecular weight is 269 g/mol. The summed E-state index contributed by atoms with van der Waals surface area (Å²) in [4.78, 5) is 11.4. The van der Waals surface area contributed by atoms with Crippen LogP contribution >= 0.6 is 11.6 Å². The SMILES string of the molecule is COC(=O)c1nn(-c2ccccc2F)c(C)c1Cl. The van der Waals surface area contributed by atoms with Crippen LogP contribution in [-0.4, -0.2) is 22.9 Å². The first-order valence-corrected chi connectivity index (χ1v) is 5.52. The quantitative estimate of drug-likeness (QED) is 0.787. The maximum Gasteiger partial charge on any atom is 0.360 e. The summed E-state index contributed by atoms with van der Waals surface area (Å²) in [5.41, 5.74) is 0.675. The van der Waals surface area contributed by atoms with Crippen LogP contribution < -0.4 is 0 Å². The number of ether oxygens (including phenoxy) is 1. The lowest BCUT2D eigenvalue weighted by molar-refractivity contribution is 0.0593. The van der Waals surface area contributed by atoms with E-state index in [9.17, 15) is 9.18 Å². The third-order valence-corrected chi connectivity index (χ3v) is 2.96. The Hall–Kier alpha value is -1.88. The van der Waals surface area contributed by atoms with Crippen LogP contribution in [0, 0.1) is 12.7 Å². The fourth-order valence-electron chi connectivity index (χ4n) is 1.57. The molecule has 0 saturated heterocycles. The number of benzene rings is 1. The Morgan fingerprint density at radius 2 is 2.11 bits per heavy atom. The third kappa shape index (κ3) is 1.97. The minimum Gasteiger partial charge on any atom is -0.464 e. The fraction of sp³-hybridized carbons (Fsp3) is 0.167. The maximum atomic E-state index is 13.7. The molecule has 0 bridgehead atoms. The molecule has 4 nitrogen and oxygen atoms in total. The number of hydrogen-bond acceptors (Lipinski definition) is 3. The van der Waals surface area contributed by atoms with E-state index in [4.69, 9.17) is 11.6 Å². The molecule has 1 heterocycles. The molecule has 0 atom stereocenters. The smallest absolute Gasteiger partial charge is 0.360 e. The number of halogens is 2. The number of aromatic nitrogens is 2. The zero-order chi connectivity index (χ0) is 13.3. The minimum atomic E-state index is -0.654. The molecule has 2 rings (SSSR count). The first-order valence-electron chi connectivity index (χ1n) is 5.14. The molecular weight excluding hydrogens is 259 g/mol. The molecule has 0 unspecified atom stereocenters. The standard InChI is InChI=1S/C12H10ClFN2O2/c1-7-10(13)11(12(17)18-2)15-16(7)9-6-4-3-5-8(9)14/h3-6H,1-2H3. The maximum absolute atomic E-state index is 13.7. The molecule has 0 aliphatic rings. The highest BCUT2D eigenvalue weighted by Gasteiger charge is 2.21. The number of rotatable bonds is 2. The number of para-hydroxylation sites is 1. The van der Waals surface area contributed by atoms with Crippen LogP contribution in [0.5, 0.6) is 0 Å². The minimum absolute atomic E-state index is 0.0279. The lowest BCUT2D eigenvalue weighted by Gasteiger charge is -2.04. The highest BCUT2D eigenvalue weighted by Crippen LogP contribution is 2.24. The second-order valence-electron chi connectivity index (χ2n) is 3.60. The number of carbonyl (C=O) groups excluding carboxylic acids is 1. The van der Waals surface area contributed by atoms with Gasteiger partial charge < -0.3 is 4.74 Å². The van der Waals surface area contributed by atoms with Gasteiger partial charge in [0.15, 0.2) is 5.69 Å². The van der Waals surface area contributed by atoms with Crippen molar-refractivity contribution >= 4 is 17.6 Å². The lowest BCUT2D eigenvalue weighted by Crippen LogP contribution is -2.05. The molecule has 0 aliphatic carbocycles. The molecule has 94 valence electrons. The molecule has 6 heteroatoms. The number of carbonyl (C=O) groups is 1. The first kappa shape index (κ1) is 12.6. The van der Waals surface area contributed by atoms with E-state index in [0.29, 0.717) is 5.69 Å². The summed E-state index contributed by atoms with van der Waals surface area (Å²) in [6.45, 7) is 1.65. The van der Waals surface area contributed by atoms with E-state index in [0.717, 1.165) is 0 Å². The summed E-state index contributed by atoms with van der Waals surface area (Å²) in [5, 5.41) is 4.14. The Bertz CT molecular complexity index is 610. The van der Waals surface area contributed by atoms with Gasteiger partial charge in [-0.2, -0.15) is 5.10 Å². The van der Waals surface area contributed by atoms with Gasteiger partial charge in [0.05, 0.1) is 17.8 Å². The summed E-state index contributed by atoms with van der Waals surface area (Å²) < 4.78 is 19.5. The normalized spacial score (nSPS) is 10.4. The lowest BCUT2D eigenvalue weighted by atomic mass is 10.3. The van der Waals surface area contributed by atoms with Gasteiger partial charge >= 0.3 is 5.97 Å². The summed E-state index contributed by atoms with van der Waals surface area (Å²) in [7, 11) is 1.23. The molecular formula is C12H10ClFN2O2. The van der Waals surface area contributed by atoms with Gasteiger partial charge in [0.2, 0.25) is 0 Å². The van der Waals surface area contributed by atoms with Gasteiger partial charge in [0.1, 0.15) is 11.5 Å². The molecule has 0 N–H and O–H groups in total. The van der Waals surface area contributed by atoms with Crippen LogP contribution in [0.1, 0.15) is 16.2 Å². The van der Waals surface area contributed by atoms with Crippen molar-refractivity contribution in [2.45, 2.75) is 6.92 Å². The Morgan fingerprint density at radius 3 is 2.72 bits per heavy atom. The van der Waals surface area contributed by atoms with Gasteiger partial charge in [0.25, 0.3) is 0 Å². The Balaban J connectivity index is 2.60. The van der Waals surface area contributed by atoms with Crippen LogP contribution in [0.2, 0.25) is 5.02 Å². The topological polar surface area (TPSA) is 44.1 Å². The summed E-state index contributed by atoms with van der Waals surface area (Å²) >= 11 is 5.98. The van der Waals surface area contributed by atoms with Crippen LogP contribution in [0.15, 0.2) is 24.3 Å². The van der Waals surface area contributed by atoms with Crippen molar-refractivity contribution in [1.82, 2.24) is 9.78 Å². The van der Waals surface area contributed by atoms with Crippen LogP contribution in [0.25, 0.3) is 5.69 Å². The molecule has 1 aromatic heterocycles. The molecule has 0 spiro atoms. The molecule has 18 heavy (non-hydrogen) atoms. The largest absolute Gasteiger partial charge is 0.464 e. The molecule has 0 fully saturated rings. The van der Waals surface area contributed by atoms with Gasteiger partial charge in [-0.05, 0) is 19.1 Å². The van der Waals surface area contributed by atoms with Gasteiger partial charge in [0, 0.05) is 0 Å². The van der Waals surface area contributed by atoms with Crippen LogP contribution in [-0.2, 0) is 4.74 Å². The highest BCUT2D eigenvalue weighted by atomic mass is 35.5. The summed E-state index contributed by atoms with van der Waals surface area (Å²) in [6, 6.07) is 6.10. The molecule has 0 amide bonds. The van der Waals surface area contributed by atoms with Crippen molar-refractivity contribution in [1.29, 1.82) is 0 Å². The van der Waals surface area contributed by atoms with Crippen LogP contribution in [0.4, 0.5) is 4.39 Å². The Morgan fingerprint density at radius 1 is 1.44 bits per heavy atom. The Labute approximate surface area is 108 Å². The number of methoxy groups -OCH3 is 1. The summed E-state index contributed by atoms with van der Waals surface area (Å²) in [6.07, 6.45) is 0. The zero-order valence-electron chi connectivity index (χ0n) is 9.78. The molecule has 2 aromatic rings. The Kier molecular flexibility index (Phi) is 3.34. The van der Waals surface area contributed by atoms with E-state index < -0.39 is 11.8 Å². The van der Waals surface area contributed by atoms with Crippen molar-refractivity contribution in [3.05, 3.63) is 46.5 Å². The first-order chi connectivity index (χ1) is 8.56. The average Bonchev–Trinajstić information content (AvgIpc) is 2.67. The monoisotopic (exact) mass is 268 g/mol. The van der Waals surface area contributed by atoms with E-state index in [1.807, 2.05) is 0 Å². The molecule has 0 aliphatic heterocycles. The number of hydrogen-bond donors (Lipinski definition) is 0. The van der Waals surface area contributed by atoms with Crippen LogP contribution in [0.3, 0.4) is 0 Å². The van der Waals surface area contributed by atoms with Gasteiger partial charge in [-0.1, -0.05) is 23.7 Å². The third-order valence-electron chi connectivity index (χ3n) is 2.50. The molecule has 0 radical (unpaired) electrons. The van der Waals surface area contributed by atoms with E-state index in [-0.39, 0.29) is 16.4 Å². The van der Waals surface area contributed by atoms with Gasteiger partial charge in [-0.3, -0.25) is 0 Å². The predicted molar refractivity (Wildman–Crippen MR) is 64.6 cm³/mol.